The van der Waals surface area contributed by atoms with Crippen LogP contribution >= 0.6 is 0 Å². The molecule has 0 aromatic carbocycles. The van der Waals surface area contributed by atoms with Crippen molar-refractivity contribution in [3.05, 3.63) is 0 Å². The summed E-state index contributed by atoms with van der Waals surface area (Å²) in [6.45, 7) is 4.63. The van der Waals surface area contributed by atoms with Gasteiger partial charge in [0, 0.05) is 35.4 Å². The van der Waals surface area contributed by atoms with Gasteiger partial charge in [0.05, 0.1) is 6.54 Å². The zero-order valence-electron chi connectivity index (χ0n) is 8.17. The van der Waals surface area contributed by atoms with E-state index in [1.807, 2.05) is 6.92 Å². The third-order valence-corrected chi connectivity index (χ3v) is 3.45. The largest absolute Gasteiger partial charge is 0.356 e. The van der Waals surface area contributed by atoms with Gasteiger partial charge in [-0.2, -0.15) is 0 Å². The fourth-order valence-electron chi connectivity index (χ4n) is 1.08. The highest BCUT2D eigenvalue weighted by atomic mass is 32.2. The Labute approximate surface area is 81.7 Å². The molecule has 13 heavy (non-hydrogen) atoms. The first-order valence-electron chi connectivity index (χ1n) is 4.54. The van der Waals surface area contributed by atoms with Crippen LogP contribution in [0.3, 0.4) is 0 Å². The van der Waals surface area contributed by atoms with Crippen molar-refractivity contribution < 1.29 is 4.21 Å². The van der Waals surface area contributed by atoms with E-state index in [4.69, 9.17) is 0 Å². The Morgan fingerprint density at radius 2 is 2.54 bits per heavy atom. The van der Waals surface area contributed by atoms with Crippen LogP contribution in [0.5, 0.6) is 0 Å². The smallest absolute Gasteiger partial charge is 0.191 e. The molecule has 2 atom stereocenters. The zero-order chi connectivity index (χ0) is 9.68. The van der Waals surface area contributed by atoms with Crippen LogP contribution in [0.2, 0.25) is 0 Å². The summed E-state index contributed by atoms with van der Waals surface area (Å²) in [5, 5.41) is 6.55. The molecule has 0 aromatic heterocycles. The minimum atomic E-state index is -0.714. The zero-order valence-corrected chi connectivity index (χ0v) is 8.99. The van der Waals surface area contributed by atoms with E-state index in [9.17, 15) is 4.21 Å². The van der Waals surface area contributed by atoms with Gasteiger partial charge in [0.1, 0.15) is 0 Å². The topological polar surface area (TPSA) is 53.5 Å². The first-order chi connectivity index (χ1) is 6.20. The quantitative estimate of drug-likeness (QED) is 0.659. The Kier molecular flexibility index (Phi) is 4.21. The average molecular weight is 203 g/mol. The van der Waals surface area contributed by atoms with Crippen molar-refractivity contribution in [3.63, 3.8) is 0 Å². The fourth-order valence-corrected chi connectivity index (χ4v) is 1.53. The maximum Gasteiger partial charge on any atom is 0.191 e. The van der Waals surface area contributed by atoms with Crippen LogP contribution in [0.25, 0.3) is 0 Å². The normalized spacial score (nSPS) is 20.3. The SMILES string of the molecule is CC(CCNC1=NCCN1)S(C)=O. The van der Waals surface area contributed by atoms with Gasteiger partial charge in [0.25, 0.3) is 0 Å². The molecule has 5 heteroatoms. The molecular weight excluding hydrogens is 186 g/mol. The van der Waals surface area contributed by atoms with E-state index >= 15 is 0 Å². The van der Waals surface area contributed by atoms with E-state index in [-0.39, 0.29) is 5.25 Å². The Bertz CT molecular complexity index is 217. The van der Waals surface area contributed by atoms with Crippen LogP contribution in [0, 0.1) is 0 Å². The highest BCUT2D eigenvalue weighted by Gasteiger charge is 2.07. The van der Waals surface area contributed by atoms with E-state index < -0.39 is 10.8 Å². The number of hydrogen-bond donors (Lipinski definition) is 2. The molecular formula is C8H17N3OS. The Balaban J connectivity index is 2.09. The van der Waals surface area contributed by atoms with Crippen molar-refractivity contribution in [1.29, 1.82) is 0 Å². The number of guanidine groups is 1. The summed E-state index contributed by atoms with van der Waals surface area (Å²) >= 11 is 0. The lowest BCUT2D eigenvalue weighted by atomic mass is 10.3. The molecule has 2 N–H and O–H groups in total. The van der Waals surface area contributed by atoms with Crippen LogP contribution in [0.1, 0.15) is 13.3 Å². The lowest BCUT2D eigenvalue weighted by Crippen LogP contribution is -2.35. The summed E-state index contributed by atoms with van der Waals surface area (Å²) in [5.74, 6) is 0.883. The molecule has 0 aliphatic carbocycles. The second kappa shape index (κ2) is 5.21. The van der Waals surface area contributed by atoms with Crippen LogP contribution in [-0.2, 0) is 10.8 Å². The van der Waals surface area contributed by atoms with Crippen LogP contribution in [0.4, 0.5) is 0 Å². The van der Waals surface area contributed by atoms with Crippen molar-refractivity contribution in [3.8, 4) is 0 Å². The van der Waals surface area contributed by atoms with Gasteiger partial charge >= 0.3 is 0 Å². The number of aliphatic imine (C=N–C) groups is 1. The highest BCUT2D eigenvalue weighted by molar-refractivity contribution is 7.84. The number of hydrogen-bond acceptors (Lipinski definition) is 4. The second-order valence-electron chi connectivity index (χ2n) is 3.18. The molecule has 0 bridgehead atoms. The van der Waals surface area contributed by atoms with Gasteiger partial charge in [-0.25, -0.2) is 0 Å². The molecule has 0 spiro atoms. The van der Waals surface area contributed by atoms with Crippen LogP contribution in [-0.4, -0.2) is 41.3 Å². The van der Waals surface area contributed by atoms with Crippen molar-refractivity contribution in [2.45, 2.75) is 18.6 Å². The van der Waals surface area contributed by atoms with E-state index in [1.54, 1.807) is 6.26 Å². The first kappa shape index (κ1) is 10.5. The third kappa shape index (κ3) is 3.76. The molecule has 76 valence electrons. The van der Waals surface area contributed by atoms with E-state index in [1.165, 1.54) is 0 Å². The molecule has 0 radical (unpaired) electrons. The van der Waals surface area contributed by atoms with Crippen molar-refractivity contribution in [2.75, 3.05) is 25.9 Å². The van der Waals surface area contributed by atoms with E-state index in [2.05, 4.69) is 15.6 Å². The molecule has 0 saturated heterocycles. The number of rotatable bonds is 4. The van der Waals surface area contributed by atoms with E-state index in [0.29, 0.717) is 0 Å². The maximum absolute atomic E-state index is 11.0. The summed E-state index contributed by atoms with van der Waals surface area (Å²) in [5.41, 5.74) is 0. The third-order valence-electron chi connectivity index (χ3n) is 2.08. The fraction of sp³-hybridized carbons (Fsp3) is 0.875. The van der Waals surface area contributed by atoms with Gasteiger partial charge in [-0.05, 0) is 6.42 Å². The summed E-state index contributed by atoms with van der Waals surface area (Å²) in [6.07, 6.45) is 2.67. The standard InChI is InChI=1S/C8H17N3OS/c1-7(13(2)12)3-4-9-8-10-5-6-11-8/h7H,3-6H2,1-2H3,(H2,9,10,11). The molecule has 0 saturated carbocycles. The van der Waals surface area contributed by atoms with Gasteiger partial charge in [-0.15, -0.1) is 0 Å². The maximum atomic E-state index is 11.0. The Morgan fingerprint density at radius 1 is 1.77 bits per heavy atom. The first-order valence-corrected chi connectivity index (χ1v) is 6.16. The highest BCUT2D eigenvalue weighted by Crippen LogP contribution is 1.97. The van der Waals surface area contributed by atoms with Crippen LogP contribution in [0.15, 0.2) is 4.99 Å². The molecule has 2 unspecified atom stereocenters. The van der Waals surface area contributed by atoms with Gasteiger partial charge in [0.2, 0.25) is 0 Å². The lowest BCUT2D eigenvalue weighted by Gasteiger charge is -2.09. The average Bonchev–Trinajstić information content (AvgIpc) is 2.56. The lowest BCUT2D eigenvalue weighted by molar-refractivity contribution is 0.665. The van der Waals surface area contributed by atoms with E-state index in [0.717, 1.165) is 32.0 Å². The second-order valence-corrected chi connectivity index (χ2v) is 4.98. The molecule has 1 heterocycles. The molecule has 0 amide bonds. The molecule has 1 aliphatic heterocycles. The summed E-state index contributed by atoms with van der Waals surface area (Å²) in [4.78, 5) is 4.20. The predicted octanol–water partition coefficient (Wildman–Crippen LogP) is -0.308. The minimum Gasteiger partial charge on any atom is -0.356 e. The van der Waals surface area contributed by atoms with Gasteiger partial charge in [-0.1, -0.05) is 6.92 Å². The van der Waals surface area contributed by atoms with Crippen molar-refractivity contribution in [1.82, 2.24) is 10.6 Å². The molecule has 1 aliphatic rings. The van der Waals surface area contributed by atoms with Gasteiger partial charge < -0.3 is 10.6 Å². The molecule has 0 aromatic rings. The Hall–Kier alpha value is -0.580. The summed E-state index contributed by atoms with van der Waals surface area (Å²) < 4.78 is 11.0. The minimum absolute atomic E-state index is 0.259. The predicted molar refractivity (Wildman–Crippen MR) is 56.5 cm³/mol. The molecule has 0 fully saturated rings. The molecule has 1 rings (SSSR count). The van der Waals surface area contributed by atoms with Gasteiger partial charge in [-0.3, -0.25) is 9.20 Å². The van der Waals surface area contributed by atoms with Crippen molar-refractivity contribution >= 4 is 16.8 Å². The summed E-state index contributed by atoms with van der Waals surface area (Å²) in [7, 11) is -0.714. The number of nitrogens with zero attached hydrogens (tertiary/aromatic N) is 1. The van der Waals surface area contributed by atoms with Crippen LogP contribution < -0.4 is 10.6 Å². The van der Waals surface area contributed by atoms with Crippen molar-refractivity contribution in [2.24, 2.45) is 4.99 Å². The number of nitrogens with one attached hydrogen (secondary N) is 2. The monoisotopic (exact) mass is 203 g/mol. The summed E-state index contributed by atoms with van der Waals surface area (Å²) in [6, 6.07) is 0. The molecule has 4 nitrogen and oxygen atoms in total. The van der Waals surface area contributed by atoms with Gasteiger partial charge in [0.15, 0.2) is 5.96 Å². The Morgan fingerprint density at radius 3 is 3.08 bits per heavy atom.